The first-order valence-corrected chi connectivity index (χ1v) is 8.82. The number of hydrogen-bond donors (Lipinski definition) is 0. The Morgan fingerprint density at radius 3 is 2.41 bits per heavy atom. The molecule has 5 heteroatoms. The highest BCUT2D eigenvalue weighted by Gasteiger charge is 2.18. The number of anilines is 1. The van der Waals surface area contributed by atoms with Crippen molar-refractivity contribution in [3.8, 4) is 11.5 Å². The molecule has 5 nitrogen and oxygen atoms in total. The number of aryl methyl sites for hydroxylation is 1. The molecule has 1 heterocycles. The molecule has 140 valence electrons. The molecule has 0 saturated heterocycles. The van der Waals surface area contributed by atoms with Gasteiger partial charge in [-0.05, 0) is 43.3 Å². The molecule has 0 fully saturated rings. The van der Waals surface area contributed by atoms with Gasteiger partial charge in [-0.1, -0.05) is 29.8 Å². The third kappa shape index (κ3) is 4.91. The number of nitrogens with zero attached hydrogens (tertiary/aromatic N) is 1. The number of hydrogen-bond acceptors (Lipinski definition) is 4. The van der Waals surface area contributed by atoms with E-state index in [2.05, 4.69) is 0 Å². The standard InChI is InChI=1S/C22H23NO4/c1-17-9-11-18(12-10-17)23(16-19-6-5-14-26-19)22(24)13-15-27-21-8-4-3-7-20(21)25-2/h3-12,14H,13,15-16H2,1-2H3. The van der Waals surface area contributed by atoms with Crippen LogP contribution in [-0.2, 0) is 11.3 Å². The molecule has 0 bridgehead atoms. The zero-order valence-electron chi connectivity index (χ0n) is 15.6. The lowest BCUT2D eigenvalue weighted by Crippen LogP contribution is -2.31. The molecule has 0 N–H and O–H groups in total. The maximum atomic E-state index is 12.9. The van der Waals surface area contributed by atoms with Crippen molar-refractivity contribution in [1.29, 1.82) is 0 Å². The summed E-state index contributed by atoms with van der Waals surface area (Å²) in [6, 6.07) is 18.9. The van der Waals surface area contributed by atoms with E-state index in [1.807, 2.05) is 67.6 Å². The van der Waals surface area contributed by atoms with Crippen molar-refractivity contribution >= 4 is 11.6 Å². The highest BCUT2D eigenvalue weighted by molar-refractivity contribution is 5.93. The second kappa shape index (κ2) is 8.94. The zero-order chi connectivity index (χ0) is 19.1. The Hall–Kier alpha value is -3.21. The highest BCUT2D eigenvalue weighted by atomic mass is 16.5. The van der Waals surface area contributed by atoms with E-state index in [0.717, 1.165) is 17.0 Å². The molecule has 3 aromatic rings. The lowest BCUT2D eigenvalue weighted by molar-refractivity contribution is -0.119. The van der Waals surface area contributed by atoms with Gasteiger partial charge in [-0.15, -0.1) is 0 Å². The molecule has 0 spiro atoms. The normalized spacial score (nSPS) is 10.4. The van der Waals surface area contributed by atoms with Gasteiger partial charge in [0.25, 0.3) is 0 Å². The van der Waals surface area contributed by atoms with Crippen molar-refractivity contribution in [3.05, 3.63) is 78.3 Å². The molecule has 1 aromatic heterocycles. The van der Waals surface area contributed by atoms with Crippen LogP contribution < -0.4 is 14.4 Å². The summed E-state index contributed by atoms with van der Waals surface area (Å²) >= 11 is 0. The Bertz CT molecular complexity index is 856. The molecular formula is C22H23NO4. The van der Waals surface area contributed by atoms with Crippen LogP contribution in [0.2, 0.25) is 0 Å². The molecule has 0 aliphatic carbocycles. The minimum Gasteiger partial charge on any atom is -0.493 e. The summed E-state index contributed by atoms with van der Waals surface area (Å²) in [6.07, 6.45) is 1.85. The van der Waals surface area contributed by atoms with E-state index in [4.69, 9.17) is 13.9 Å². The smallest absolute Gasteiger partial charge is 0.230 e. The zero-order valence-corrected chi connectivity index (χ0v) is 15.6. The fourth-order valence-electron chi connectivity index (χ4n) is 2.73. The number of ether oxygens (including phenoxy) is 2. The SMILES string of the molecule is COc1ccccc1OCCC(=O)N(Cc1ccco1)c1ccc(C)cc1. The average Bonchev–Trinajstić information content (AvgIpc) is 3.20. The number of carbonyl (C=O) groups is 1. The Morgan fingerprint density at radius 1 is 1.00 bits per heavy atom. The second-order valence-electron chi connectivity index (χ2n) is 6.14. The molecule has 0 radical (unpaired) electrons. The Balaban J connectivity index is 1.68. The van der Waals surface area contributed by atoms with Crippen molar-refractivity contribution < 1.29 is 18.7 Å². The molecule has 27 heavy (non-hydrogen) atoms. The van der Waals surface area contributed by atoms with Crippen molar-refractivity contribution in [2.24, 2.45) is 0 Å². The van der Waals surface area contributed by atoms with Crippen LogP contribution in [0, 0.1) is 6.92 Å². The number of amides is 1. The van der Waals surface area contributed by atoms with Crippen LogP contribution in [0.15, 0.2) is 71.3 Å². The molecule has 3 rings (SSSR count). The number of benzene rings is 2. The Morgan fingerprint density at radius 2 is 1.74 bits per heavy atom. The van der Waals surface area contributed by atoms with E-state index in [1.165, 1.54) is 0 Å². The lowest BCUT2D eigenvalue weighted by atomic mass is 10.2. The largest absolute Gasteiger partial charge is 0.493 e. The van der Waals surface area contributed by atoms with E-state index in [1.54, 1.807) is 18.3 Å². The van der Waals surface area contributed by atoms with Crippen LogP contribution in [0.25, 0.3) is 0 Å². The number of rotatable bonds is 8. The van der Waals surface area contributed by atoms with E-state index >= 15 is 0 Å². The summed E-state index contributed by atoms with van der Waals surface area (Å²) < 4.78 is 16.4. The summed E-state index contributed by atoms with van der Waals surface area (Å²) in [5.41, 5.74) is 1.97. The third-order valence-electron chi connectivity index (χ3n) is 4.18. The minimum atomic E-state index is -0.0369. The van der Waals surface area contributed by atoms with Crippen molar-refractivity contribution in [1.82, 2.24) is 0 Å². The fraction of sp³-hybridized carbons (Fsp3) is 0.227. The predicted molar refractivity (Wildman–Crippen MR) is 104 cm³/mol. The molecule has 0 unspecified atom stereocenters. The average molecular weight is 365 g/mol. The van der Waals surface area contributed by atoms with Gasteiger partial charge in [0.2, 0.25) is 5.91 Å². The highest BCUT2D eigenvalue weighted by Crippen LogP contribution is 2.26. The first-order chi connectivity index (χ1) is 13.2. The fourth-order valence-corrected chi connectivity index (χ4v) is 2.73. The number of methoxy groups -OCH3 is 1. The summed E-state index contributed by atoms with van der Waals surface area (Å²) in [7, 11) is 1.59. The quantitative estimate of drug-likeness (QED) is 0.585. The molecular weight excluding hydrogens is 342 g/mol. The Kier molecular flexibility index (Phi) is 6.15. The maximum absolute atomic E-state index is 12.9. The maximum Gasteiger partial charge on any atom is 0.230 e. The van der Waals surface area contributed by atoms with Crippen molar-refractivity contribution in [2.75, 3.05) is 18.6 Å². The van der Waals surface area contributed by atoms with E-state index in [0.29, 0.717) is 18.0 Å². The molecule has 0 saturated carbocycles. The monoisotopic (exact) mass is 365 g/mol. The minimum absolute atomic E-state index is 0.0369. The molecule has 0 aliphatic rings. The summed E-state index contributed by atoms with van der Waals surface area (Å²) in [5.74, 6) is 1.97. The van der Waals surface area contributed by atoms with Gasteiger partial charge in [-0.3, -0.25) is 4.79 Å². The molecule has 1 amide bonds. The molecule has 0 aliphatic heterocycles. The van der Waals surface area contributed by atoms with E-state index < -0.39 is 0 Å². The van der Waals surface area contributed by atoms with Gasteiger partial charge in [-0.25, -0.2) is 0 Å². The predicted octanol–water partition coefficient (Wildman–Crippen LogP) is 4.60. The summed E-state index contributed by atoms with van der Waals surface area (Å²) in [6.45, 7) is 2.66. The first kappa shape index (κ1) is 18.6. The van der Waals surface area contributed by atoms with Crippen LogP contribution in [0.5, 0.6) is 11.5 Å². The first-order valence-electron chi connectivity index (χ1n) is 8.82. The van der Waals surface area contributed by atoms with Gasteiger partial charge in [0.15, 0.2) is 11.5 Å². The molecule has 0 atom stereocenters. The number of furan rings is 1. The van der Waals surface area contributed by atoms with Gasteiger partial charge in [0, 0.05) is 5.69 Å². The second-order valence-corrected chi connectivity index (χ2v) is 6.14. The van der Waals surface area contributed by atoms with Crippen molar-refractivity contribution in [2.45, 2.75) is 19.9 Å². The van der Waals surface area contributed by atoms with Gasteiger partial charge < -0.3 is 18.8 Å². The summed E-state index contributed by atoms with van der Waals surface area (Å²) in [4.78, 5) is 14.6. The number of para-hydroxylation sites is 2. The van der Waals surface area contributed by atoms with Crippen LogP contribution >= 0.6 is 0 Å². The summed E-state index contributed by atoms with van der Waals surface area (Å²) in [5, 5.41) is 0. The Labute approximate surface area is 159 Å². The topological polar surface area (TPSA) is 51.9 Å². The van der Waals surface area contributed by atoms with Crippen LogP contribution in [-0.4, -0.2) is 19.6 Å². The molecule has 2 aromatic carbocycles. The van der Waals surface area contributed by atoms with E-state index in [9.17, 15) is 4.79 Å². The van der Waals surface area contributed by atoms with Gasteiger partial charge in [0.05, 0.1) is 32.9 Å². The van der Waals surface area contributed by atoms with Gasteiger partial charge in [-0.2, -0.15) is 0 Å². The number of carbonyl (C=O) groups excluding carboxylic acids is 1. The van der Waals surface area contributed by atoms with Crippen LogP contribution in [0.4, 0.5) is 5.69 Å². The third-order valence-corrected chi connectivity index (χ3v) is 4.18. The van der Waals surface area contributed by atoms with E-state index in [-0.39, 0.29) is 18.9 Å². The lowest BCUT2D eigenvalue weighted by Gasteiger charge is -2.22. The van der Waals surface area contributed by atoms with Crippen molar-refractivity contribution in [3.63, 3.8) is 0 Å². The van der Waals surface area contributed by atoms with Crippen LogP contribution in [0.3, 0.4) is 0 Å². The van der Waals surface area contributed by atoms with Gasteiger partial charge in [0.1, 0.15) is 5.76 Å². The van der Waals surface area contributed by atoms with Gasteiger partial charge >= 0.3 is 0 Å². The van der Waals surface area contributed by atoms with Crippen LogP contribution in [0.1, 0.15) is 17.7 Å².